The van der Waals surface area contributed by atoms with Crippen molar-refractivity contribution in [3.63, 3.8) is 0 Å². The lowest BCUT2D eigenvalue weighted by atomic mass is 10.1. The zero-order valence-electron chi connectivity index (χ0n) is 22.9. The standard InChI is InChI=1S/C29H35Cl2N5O3/c1-19(23-10-8-21(30)16-24(23)31)36-26-17-22(9-7-20(26)18-32-36)33-12-14-34(15-13-33)27(37)25-6-5-11-35(25)28(38)39-29(2,3)4/h7-10,16-19,25H,5-6,11-15H2,1-4H3/t19-,25-/m1/s1. The molecular weight excluding hydrogens is 537 g/mol. The Morgan fingerprint density at radius 1 is 1.03 bits per heavy atom. The summed E-state index contributed by atoms with van der Waals surface area (Å²) >= 11 is 12.6. The van der Waals surface area contributed by atoms with Gasteiger partial charge in [-0.2, -0.15) is 5.10 Å². The van der Waals surface area contributed by atoms with Crippen LogP contribution in [0.1, 0.15) is 52.1 Å². The number of aromatic nitrogens is 2. The monoisotopic (exact) mass is 571 g/mol. The van der Waals surface area contributed by atoms with Gasteiger partial charge in [0, 0.05) is 53.8 Å². The van der Waals surface area contributed by atoms with Crippen LogP contribution in [0.15, 0.2) is 42.6 Å². The fourth-order valence-corrected chi connectivity index (χ4v) is 6.03. The number of rotatable bonds is 4. The molecule has 2 aliphatic heterocycles. The SMILES string of the molecule is C[C@H](c1ccc(Cl)cc1Cl)n1ncc2ccc(N3CCN(C(=O)[C@H]4CCCN4C(=O)OC(C)(C)C)CC3)cc21. The molecule has 2 atom stereocenters. The molecule has 2 amide bonds. The highest BCUT2D eigenvalue weighted by atomic mass is 35.5. The number of amides is 2. The number of carbonyl (C=O) groups is 2. The molecule has 2 fully saturated rings. The third kappa shape index (κ3) is 5.82. The van der Waals surface area contributed by atoms with E-state index in [9.17, 15) is 9.59 Å². The van der Waals surface area contributed by atoms with E-state index in [4.69, 9.17) is 27.9 Å². The number of likely N-dealkylation sites (tertiary alicyclic amines) is 1. The van der Waals surface area contributed by atoms with Crippen molar-refractivity contribution in [3.8, 4) is 0 Å². The summed E-state index contributed by atoms with van der Waals surface area (Å²) in [6, 6.07) is 11.4. The molecule has 0 bridgehead atoms. The van der Waals surface area contributed by atoms with Crippen molar-refractivity contribution in [3.05, 3.63) is 58.2 Å². The molecular formula is C29H35Cl2N5O3. The number of piperazine rings is 1. The van der Waals surface area contributed by atoms with Crippen molar-refractivity contribution in [1.29, 1.82) is 0 Å². The van der Waals surface area contributed by atoms with Crippen LogP contribution in [0.4, 0.5) is 10.5 Å². The maximum absolute atomic E-state index is 13.4. The number of nitrogens with zero attached hydrogens (tertiary/aromatic N) is 5. The second kappa shape index (κ2) is 10.9. The minimum absolute atomic E-state index is 0.0141. The Morgan fingerprint density at radius 3 is 2.46 bits per heavy atom. The number of fused-ring (bicyclic) bond motifs is 1. The van der Waals surface area contributed by atoms with Crippen molar-refractivity contribution in [2.45, 2.75) is 58.2 Å². The molecule has 2 aliphatic rings. The Kier molecular flexibility index (Phi) is 7.71. The number of hydrogen-bond acceptors (Lipinski definition) is 5. The molecule has 0 saturated carbocycles. The lowest BCUT2D eigenvalue weighted by molar-refractivity contribution is -0.136. The van der Waals surface area contributed by atoms with Crippen LogP contribution >= 0.6 is 23.2 Å². The first-order valence-electron chi connectivity index (χ1n) is 13.5. The van der Waals surface area contributed by atoms with Crippen molar-refractivity contribution >= 4 is 51.8 Å². The van der Waals surface area contributed by atoms with Gasteiger partial charge >= 0.3 is 6.09 Å². The number of ether oxygens (including phenoxy) is 1. The Labute approximate surface area is 239 Å². The minimum atomic E-state index is -0.589. The molecule has 3 heterocycles. The molecule has 0 aliphatic carbocycles. The Hall–Kier alpha value is -2.97. The molecule has 10 heteroatoms. The summed E-state index contributed by atoms with van der Waals surface area (Å²) in [4.78, 5) is 31.9. The molecule has 2 saturated heterocycles. The van der Waals surface area contributed by atoms with Gasteiger partial charge in [0.1, 0.15) is 11.6 Å². The van der Waals surface area contributed by atoms with Crippen LogP contribution in [0, 0.1) is 0 Å². The van der Waals surface area contributed by atoms with E-state index in [0.29, 0.717) is 49.2 Å². The zero-order valence-corrected chi connectivity index (χ0v) is 24.4. The van der Waals surface area contributed by atoms with E-state index in [2.05, 4.69) is 35.1 Å². The van der Waals surface area contributed by atoms with Crippen LogP contribution in [-0.4, -0.2) is 75.9 Å². The van der Waals surface area contributed by atoms with Gasteiger partial charge in [-0.05, 0) is 76.4 Å². The summed E-state index contributed by atoms with van der Waals surface area (Å²) in [5.41, 5.74) is 2.47. The first-order valence-corrected chi connectivity index (χ1v) is 14.2. The topological polar surface area (TPSA) is 70.9 Å². The first kappa shape index (κ1) is 27.6. The van der Waals surface area contributed by atoms with Crippen molar-refractivity contribution < 1.29 is 14.3 Å². The Balaban J connectivity index is 1.27. The lowest BCUT2D eigenvalue weighted by Crippen LogP contribution is -2.54. The Bertz CT molecular complexity index is 1380. The maximum atomic E-state index is 13.4. The van der Waals surface area contributed by atoms with Gasteiger partial charge in [-0.3, -0.25) is 14.4 Å². The lowest BCUT2D eigenvalue weighted by Gasteiger charge is -2.38. The van der Waals surface area contributed by atoms with Crippen LogP contribution in [0.25, 0.3) is 10.9 Å². The van der Waals surface area contributed by atoms with E-state index >= 15 is 0 Å². The molecule has 0 spiro atoms. The van der Waals surface area contributed by atoms with Crippen LogP contribution in [0.2, 0.25) is 10.0 Å². The fraction of sp³-hybridized carbons (Fsp3) is 0.483. The van der Waals surface area contributed by atoms with Gasteiger partial charge in [0.15, 0.2) is 0 Å². The number of carbonyl (C=O) groups excluding carboxylic acids is 2. The average Bonchev–Trinajstić information content (AvgIpc) is 3.54. The highest BCUT2D eigenvalue weighted by Crippen LogP contribution is 2.32. The second-order valence-electron chi connectivity index (χ2n) is 11.3. The number of halogens is 2. The molecule has 0 radical (unpaired) electrons. The normalized spacial score (nSPS) is 19.0. The molecule has 8 nitrogen and oxygen atoms in total. The van der Waals surface area contributed by atoms with E-state index in [1.54, 1.807) is 11.0 Å². The van der Waals surface area contributed by atoms with Gasteiger partial charge in [0.25, 0.3) is 0 Å². The molecule has 3 aromatic rings. The smallest absolute Gasteiger partial charge is 0.410 e. The van der Waals surface area contributed by atoms with Crippen molar-refractivity contribution in [1.82, 2.24) is 19.6 Å². The average molecular weight is 573 g/mol. The van der Waals surface area contributed by atoms with Crippen LogP contribution in [-0.2, 0) is 9.53 Å². The van der Waals surface area contributed by atoms with E-state index < -0.39 is 17.7 Å². The van der Waals surface area contributed by atoms with E-state index in [0.717, 1.165) is 28.6 Å². The summed E-state index contributed by atoms with van der Waals surface area (Å²) < 4.78 is 7.53. The largest absolute Gasteiger partial charge is 0.444 e. The summed E-state index contributed by atoms with van der Waals surface area (Å²) in [7, 11) is 0. The van der Waals surface area contributed by atoms with E-state index in [-0.39, 0.29) is 11.9 Å². The third-order valence-corrected chi connectivity index (χ3v) is 8.05. The van der Waals surface area contributed by atoms with Gasteiger partial charge in [0.2, 0.25) is 5.91 Å². The van der Waals surface area contributed by atoms with E-state index in [1.165, 1.54) is 0 Å². The van der Waals surface area contributed by atoms with Gasteiger partial charge in [-0.1, -0.05) is 29.3 Å². The number of hydrogen-bond donors (Lipinski definition) is 0. The molecule has 2 aromatic carbocycles. The predicted molar refractivity (Wildman–Crippen MR) is 155 cm³/mol. The molecule has 208 valence electrons. The second-order valence-corrected chi connectivity index (χ2v) is 12.2. The first-order chi connectivity index (χ1) is 18.5. The van der Waals surface area contributed by atoms with Gasteiger partial charge in [0.05, 0.1) is 17.8 Å². The highest BCUT2D eigenvalue weighted by molar-refractivity contribution is 6.35. The maximum Gasteiger partial charge on any atom is 0.410 e. The third-order valence-electron chi connectivity index (χ3n) is 7.48. The summed E-state index contributed by atoms with van der Waals surface area (Å²) in [5.74, 6) is 0.0141. The Morgan fingerprint density at radius 2 is 1.77 bits per heavy atom. The van der Waals surface area contributed by atoms with Crippen LogP contribution in [0.5, 0.6) is 0 Å². The highest BCUT2D eigenvalue weighted by Gasteiger charge is 2.39. The summed E-state index contributed by atoms with van der Waals surface area (Å²) in [6.07, 6.45) is 2.95. The minimum Gasteiger partial charge on any atom is -0.444 e. The molecule has 0 N–H and O–H groups in total. The predicted octanol–water partition coefficient (Wildman–Crippen LogP) is 6.00. The molecule has 39 heavy (non-hydrogen) atoms. The number of anilines is 1. The fourth-order valence-electron chi connectivity index (χ4n) is 5.46. The zero-order chi connectivity index (χ0) is 27.9. The van der Waals surface area contributed by atoms with Gasteiger partial charge in [-0.15, -0.1) is 0 Å². The van der Waals surface area contributed by atoms with Crippen LogP contribution < -0.4 is 4.90 Å². The quantitative estimate of drug-likeness (QED) is 0.384. The van der Waals surface area contributed by atoms with Crippen molar-refractivity contribution in [2.75, 3.05) is 37.6 Å². The van der Waals surface area contributed by atoms with E-state index in [1.807, 2.05) is 48.7 Å². The van der Waals surface area contributed by atoms with Crippen LogP contribution in [0.3, 0.4) is 0 Å². The summed E-state index contributed by atoms with van der Waals surface area (Å²) in [6.45, 7) is 10.8. The molecule has 1 aromatic heterocycles. The number of benzene rings is 2. The molecule has 5 rings (SSSR count). The molecule has 0 unspecified atom stereocenters. The van der Waals surface area contributed by atoms with Crippen molar-refractivity contribution in [2.24, 2.45) is 0 Å². The van der Waals surface area contributed by atoms with Gasteiger partial charge < -0.3 is 14.5 Å². The summed E-state index contributed by atoms with van der Waals surface area (Å²) in [5, 5.41) is 6.92. The van der Waals surface area contributed by atoms with Gasteiger partial charge in [-0.25, -0.2) is 4.79 Å².